The number of thioether (sulfide) groups is 1. The Morgan fingerprint density at radius 3 is 2.58 bits per heavy atom. The number of hydrogen-bond donors (Lipinski definition) is 1. The van der Waals surface area contributed by atoms with Crippen LogP contribution < -0.4 is 19.7 Å². The summed E-state index contributed by atoms with van der Waals surface area (Å²) in [5, 5.41) is 4.00. The number of anilines is 1. The van der Waals surface area contributed by atoms with Crippen molar-refractivity contribution < 1.29 is 14.3 Å². The highest BCUT2D eigenvalue weighted by Gasteiger charge is 2.11. The second-order valence-electron chi connectivity index (χ2n) is 9.00. The average molecular weight is 557 g/mol. The maximum Gasteiger partial charge on any atom is 0.251 e. The van der Waals surface area contributed by atoms with Crippen LogP contribution in [-0.2, 0) is 12.2 Å². The number of nitrogens with zero attached hydrogens (tertiary/aromatic N) is 3. The van der Waals surface area contributed by atoms with Gasteiger partial charge in [-0.3, -0.25) is 4.79 Å². The first-order valence-corrected chi connectivity index (χ1v) is 14.3. The molecule has 0 unspecified atom stereocenters. The Hall–Kier alpha value is -2.97. The lowest BCUT2D eigenvalue weighted by molar-refractivity contribution is 0.0953. The van der Waals surface area contributed by atoms with Crippen molar-refractivity contribution in [2.75, 3.05) is 39.3 Å². The number of likely N-dealkylation sites (N-methyl/N-ethyl adjacent to an activating group) is 1. The molecule has 3 aromatic rings. The number of rotatable bonds is 15. The topological polar surface area (TPSA) is 76.6 Å². The quantitative estimate of drug-likeness (QED) is 0.1000. The lowest BCUT2D eigenvalue weighted by Crippen LogP contribution is -2.24. The first-order chi connectivity index (χ1) is 18.4. The van der Waals surface area contributed by atoms with Gasteiger partial charge in [0.1, 0.15) is 11.0 Å². The minimum absolute atomic E-state index is 0.0363. The molecule has 0 aliphatic carbocycles. The van der Waals surface area contributed by atoms with Crippen LogP contribution in [0.3, 0.4) is 0 Å². The molecule has 2 aromatic carbocycles. The molecular weight excluding hydrogens is 520 g/mol. The van der Waals surface area contributed by atoms with Crippen molar-refractivity contribution in [1.29, 1.82) is 0 Å². The molecule has 1 amide bonds. The minimum atomic E-state index is -0.0363. The van der Waals surface area contributed by atoms with Gasteiger partial charge in [-0.2, -0.15) is 0 Å². The van der Waals surface area contributed by atoms with Crippen LogP contribution >= 0.6 is 23.4 Å². The van der Waals surface area contributed by atoms with Crippen molar-refractivity contribution >= 4 is 35.1 Å². The number of aromatic nitrogens is 2. The molecule has 204 valence electrons. The summed E-state index contributed by atoms with van der Waals surface area (Å²) in [7, 11) is 5.25. The molecule has 0 fully saturated rings. The number of benzene rings is 2. The zero-order valence-corrected chi connectivity index (χ0v) is 24.2. The molecule has 1 heterocycles. The summed E-state index contributed by atoms with van der Waals surface area (Å²) in [5.41, 5.74) is 2.83. The Balaban J connectivity index is 1.57. The fourth-order valence-electron chi connectivity index (χ4n) is 3.90. The summed E-state index contributed by atoms with van der Waals surface area (Å²) >= 11 is 7.83. The molecule has 3 rings (SSSR count). The minimum Gasteiger partial charge on any atom is -0.493 e. The van der Waals surface area contributed by atoms with Crippen LogP contribution in [0.2, 0.25) is 5.15 Å². The summed E-state index contributed by atoms with van der Waals surface area (Å²) in [6.07, 6.45) is 5.33. The summed E-state index contributed by atoms with van der Waals surface area (Å²) < 4.78 is 10.7. The van der Waals surface area contributed by atoms with E-state index in [0.29, 0.717) is 39.7 Å². The van der Waals surface area contributed by atoms with Crippen molar-refractivity contribution in [2.45, 2.75) is 49.9 Å². The summed E-state index contributed by atoms with van der Waals surface area (Å²) in [6, 6.07) is 15.4. The van der Waals surface area contributed by atoms with Crippen molar-refractivity contribution in [3.63, 3.8) is 0 Å². The molecule has 0 aliphatic rings. The molecule has 0 saturated carbocycles. The number of unbranched alkanes of at least 4 members (excludes halogenated alkanes) is 3. The smallest absolute Gasteiger partial charge is 0.251 e. The maximum atomic E-state index is 12.5. The maximum absolute atomic E-state index is 12.5. The molecular formula is C29H37ClN4O3S. The number of nitrogens with one attached hydrogen (secondary N) is 1. The molecule has 0 radical (unpaired) electrons. The van der Waals surface area contributed by atoms with Crippen LogP contribution in [0.15, 0.2) is 53.7 Å². The second-order valence-corrected chi connectivity index (χ2v) is 10.3. The molecule has 0 bridgehead atoms. The Bertz CT molecular complexity index is 1190. The van der Waals surface area contributed by atoms with Gasteiger partial charge >= 0.3 is 0 Å². The monoisotopic (exact) mass is 556 g/mol. The SMILES string of the molecule is CCCCCCNC(=O)c1cccc(CSc2nc(Cl)cc(N(C)CCc3ccc(OC)c(OC)c3)n2)c1. The zero-order chi connectivity index (χ0) is 27.3. The van der Waals surface area contributed by atoms with Crippen LogP contribution in [0.5, 0.6) is 11.5 Å². The highest BCUT2D eigenvalue weighted by molar-refractivity contribution is 7.98. The highest BCUT2D eigenvalue weighted by Crippen LogP contribution is 2.28. The van der Waals surface area contributed by atoms with Gasteiger partial charge in [0.15, 0.2) is 16.7 Å². The normalized spacial score (nSPS) is 10.8. The molecule has 9 heteroatoms. The van der Waals surface area contributed by atoms with Crippen molar-refractivity contribution in [1.82, 2.24) is 15.3 Å². The van der Waals surface area contributed by atoms with Gasteiger partial charge in [0.25, 0.3) is 5.91 Å². The third kappa shape index (κ3) is 9.10. The van der Waals surface area contributed by atoms with E-state index in [1.54, 1.807) is 20.3 Å². The van der Waals surface area contributed by atoms with Gasteiger partial charge in [0.2, 0.25) is 0 Å². The van der Waals surface area contributed by atoms with E-state index < -0.39 is 0 Å². The molecule has 1 N–H and O–H groups in total. The standard InChI is InChI=1S/C29H37ClN4O3S/c1-5-6-7-8-15-31-28(35)23-11-9-10-22(17-23)20-38-29-32-26(30)19-27(33-29)34(2)16-14-21-12-13-24(36-3)25(18-21)37-4/h9-13,17-19H,5-8,14-16,20H2,1-4H3,(H,31,35). The number of carbonyl (C=O) groups is 1. The number of methoxy groups -OCH3 is 2. The van der Waals surface area contributed by atoms with Gasteiger partial charge in [-0.05, 0) is 48.2 Å². The number of halogens is 1. The van der Waals surface area contributed by atoms with E-state index in [0.717, 1.165) is 42.8 Å². The van der Waals surface area contributed by atoms with E-state index >= 15 is 0 Å². The van der Waals surface area contributed by atoms with Crippen LogP contribution in [0.1, 0.15) is 54.1 Å². The van der Waals surface area contributed by atoms with Crippen molar-refractivity contribution in [3.05, 3.63) is 70.4 Å². The summed E-state index contributed by atoms with van der Waals surface area (Å²) in [5.74, 6) is 2.77. The van der Waals surface area contributed by atoms with E-state index in [1.807, 2.05) is 49.5 Å². The molecule has 0 aliphatic heterocycles. The van der Waals surface area contributed by atoms with Gasteiger partial charge in [-0.25, -0.2) is 9.97 Å². The van der Waals surface area contributed by atoms with E-state index in [1.165, 1.54) is 24.6 Å². The van der Waals surface area contributed by atoms with Crippen LogP contribution in [-0.4, -0.2) is 50.2 Å². The fraction of sp³-hybridized carbons (Fsp3) is 0.414. The van der Waals surface area contributed by atoms with Crippen molar-refractivity contribution in [2.24, 2.45) is 0 Å². The summed E-state index contributed by atoms with van der Waals surface area (Å²) in [6.45, 7) is 3.62. The number of amides is 1. The Kier molecular flexibility index (Phi) is 12.0. The molecule has 0 spiro atoms. The molecule has 0 saturated heterocycles. The average Bonchev–Trinajstić information content (AvgIpc) is 2.94. The molecule has 1 aromatic heterocycles. The Morgan fingerprint density at radius 1 is 1.00 bits per heavy atom. The zero-order valence-electron chi connectivity index (χ0n) is 22.6. The van der Waals surface area contributed by atoms with Gasteiger partial charge < -0.3 is 19.7 Å². The number of carbonyl (C=O) groups excluding carboxylic acids is 1. The van der Waals surface area contributed by atoms with Gasteiger partial charge in [0.05, 0.1) is 14.2 Å². The molecule has 0 atom stereocenters. The first-order valence-electron chi connectivity index (χ1n) is 12.9. The molecule has 38 heavy (non-hydrogen) atoms. The third-order valence-corrected chi connectivity index (χ3v) is 7.22. The second kappa shape index (κ2) is 15.4. The van der Waals surface area contributed by atoms with Crippen LogP contribution in [0.25, 0.3) is 0 Å². The highest BCUT2D eigenvalue weighted by atomic mass is 35.5. The Labute approximate surface area is 235 Å². The lowest BCUT2D eigenvalue weighted by atomic mass is 10.1. The molecule has 7 nitrogen and oxygen atoms in total. The fourth-order valence-corrected chi connectivity index (χ4v) is 4.92. The van der Waals surface area contributed by atoms with Crippen molar-refractivity contribution in [3.8, 4) is 11.5 Å². The van der Waals surface area contributed by atoms with Crippen LogP contribution in [0, 0.1) is 0 Å². The predicted molar refractivity (Wildman–Crippen MR) is 156 cm³/mol. The van der Waals surface area contributed by atoms with E-state index in [4.69, 9.17) is 26.1 Å². The van der Waals surface area contributed by atoms with E-state index in [-0.39, 0.29) is 5.91 Å². The van der Waals surface area contributed by atoms with Gasteiger partial charge in [0, 0.05) is 37.5 Å². The number of hydrogen-bond acceptors (Lipinski definition) is 7. The first kappa shape index (κ1) is 29.6. The predicted octanol–water partition coefficient (Wildman–Crippen LogP) is 6.43. The largest absolute Gasteiger partial charge is 0.493 e. The van der Waals surface area contributed by atoms with Crippen LogP contribution in [0.4, 0.5) is 5.82 Å². The van der Waals surface area contributed by atoms with Gasteiger partial charge in [-0.15, -0.1) is 0 Å². The van der Waals surface area contributed by atoms with E-state index in [2.05, 4.69) is 22.1 Å². The summed E-state index contributed by atoms with van der Waals surface area (Å²) in [4.78, 5) is 23.7. The number of ether oxygens (including phenoxy) is 2. The Morgan fingerprint density at radius 2 is 1.82 bits per heavy atom. The third-order valence-electron chi connectivity index (χ3n) is 6.11. The van der Waals surface area contributed by atoms with Gasteiger partial charge in [-0.1, -0.05) is 67.7 Å². The lowest BCUT2D eigenvalue weighted by Gasteiger charge is -2.19. The van der Waals surface area contributed by atoms with E-state index in [9.17, 15) is 4.79 Å².